The first kappa shape index (κ1) is 17.9. The van der Waals surface area contributed by atoms with Gasteiger partial charge in [-0.3, -0.25) is 14.4 Å². The maximum Gasteiger partial charge on any atom is 0.303 e. The molecule has 1 aliphatic heterocycles. The van der Waals surface area contributed by atoms with Crippen molar-refractivity contribution in [2.24, 2.45) is 0 Å². The second kappa shape index (κ2) is 7.71. The van der Waals surface area contributed by atoms with Crippen molar-refractivity contribution in [2.45, 2.75) is 50.2 Å². The van der Waals surface area contributed by atoms with Crippen LogP contribution in [0.5, 0.6) is 0 Å². The van der Waals surface area contributed by atoms with Gasteiger partial charge in [0.1, 0.15) is 18.8 Å². The second-order valence-electron chi connectivity index (χ2n) is 4.47. The molecule has 0 aromatic heterocycles. The Labute approximate surface area is 129 Å². The van der Waals surface area contributed by atoms with Crippen LogP contribution in [0.3, 0.4) is 0 Å². The van der Waals surface area contributed by atoms with E-state index >= 15 is 0 Å². The molecule has 21 heavy (non-hydrogen) atoms. The number of carbonyl (C=O) groups excluding carboxylic acids is 3. The average molecular weight is 369 g/mol. The SMILES string of the molecule is CC(=O)OCC1O[C@H](Br)C(OC(C)=O)[C@@H](O)[C@H]1OC(C)=O. The minimum atomic E-state index is -1.32. The summed E-state index contributed by atoms with van der Waals surface area (Å²) in [6.07, 6.45) is -4.39. The molecule has 0 amide bonds. The number of halogens is 1. The molecule has 0 spiro atoms. The third-order valence-corrected chi connectivity index (χ3v) is 3.39. The topological polar surface area (TPSA) is 108 Å². The molecule has 120 valence electrons. The van der Waals surface area contributed by atoms with Crippen molar-refractivity contribution in [3.8, 4) is 0 Å². The van der Waals surface area contributed by atoms with E-state index in [1.165, 1.54) is 13.8 Å². The van der Waals surface area contributed by atoms with Gasteiger partial charge in [-0.1, -0.05) is 15.9 Å². The van der Waals surface area contributed by atoms with Gasteiger partial charge in [0.15, 0.2) is 17.2 Å². The van der Waals surface area contributed by atoms with Crippen molar-refractivity contribution in [3.63, 3.8) is 0 Å². The number of rotatable bonds is 4. The number of ether oxygens (including phenoxy) is 4. The van der Waals surface area contributed by atoms with E-state index in [-0.39, 0.29) is 6.61 Å². The van der Waals surface area contributed by atoms with Gasteiger partial charge in [0, 0.05) is 20.8 Å². The quantitative estimate of drug-likeness (QED) is 0.416. The molecule has 8 nitrogen and oxygen atoms in total. The number of aliphatic hydroxyl groups excluding tert-OH is 1. The van der Waals surface area contributed by atoms with E-state index < -0.39 is 47.3 Å². The molecule has 0 saturated carbocycles. The van der Waals surface area contributed by atoms with Gasteiger partial charge in [-0.05, 0) is 0 Å². The monoisotopic (exact) mass is 368 g/mol. The molecule has 0 radical (unpaired) electrons. The van der Waals surface area contributed by atoms with E-state index in [4.69, 9.17) is 18.9 Å². The summed E-state index contributed by atoms with van der Waals surface area (Å²) in [6.45, 7) is 3.35. The number of aliphatic hydroxyl groups is 1. The molecule has 1 N–H and O–H groups in total. The molecular weight excluding hydrogens is 352 g/mol. The molecule has 5 atom stereocenters. The van der Waals surface area contributed by atoms with Gasteiger partial charge in [-0.15, -0.1) is 0 Å². The van der Waals surface area contributed by atoms with Gasteiger partial charge in [-0.25, -0.2) is 0 Å². The Kier molecular flexibility index (Phi) is 6.56. The predicted octanol–water partition coefficient (Wildman–Crippen LogP) is -0.106. The number of esters is 3. The van der Waals surface area contributed by atoms with Crippen LogP contribution in [0.1, 0.15) is 20.8 Å². The molecule has 0 aromatic rings. The van der Waals surface area contributed by atoms with Gasteiger partial charge >= 0.3 is 17.9 Å². The molecule has 0 aromatic carbocycles. The van der Waals surface area contributed by atoms with Crippen molar-refractivity contribution in [3.05, 3.63) is 0 Å². The highest BCUT2D eigenvalue weighted by atomic mass is 79.9. The van der Waals surface area contributed by atoms with Crippen LogP contribution in [-0.2, 0) is 33.3 Å². The smallest absolute Gasteiger partial charge is 0.303 e. The van der Waals surface area contributed by atoms with Crippen molar-refractivity contribution in [1.82, 2.24) is 0 Å². The van der Waals surface area contributed by atoms with Gasteiger partial charge in [0.05, 0.1) is 0 Å². The zero-order valence-electron chi connectivity index (χ0n) is 11.8. The first-order valence-electron chi connectivity index (χ1n) is 6.17. The summed E-state index contributed by atoms with van der Waals surface area (Å²) in [7, 11) is 0. The van der Waals surface area contributed by atoms with Crippen molar-refractivity contribution in [2.75, 3.05) is 6.61 Å². The zero-order valence-corrected chi connectivity index (χ0v) is 13.4. The van der Waals surface area contributed by atoms with E-state index in [9.17, 15) is 19.5 Å². The second-order valence-corrected chi connectivity index (χ2v) is 5.37. The molecular formula is C12H17BrO8. The Bertz CT molecular complexity index is 410. The van der Waals surface area contributed by atoms with Crippen LogP contribution in [0.2, 0.25) is 0 Å². The maximum absolute atomic E-state index is 11.1. The van der Waals surface area contributed by atoms with E-state index in [1.54, 1.807) is 0 Å². The molecule has 1 rings (SSSR count). The van der Waals surface area contributed by atoms with Crippen molar-refractivity contribution in [1.29, 1.82) is 0 Å². The summed E-state index contributed by atoms with van der Waals surface area (Å²) in [5, 5.41) is 9.40. The fraction of sp³-hybridized carbons (Fsp3) is 0.750. The van der Waals surface area contributed by atoms with Crippen LogP contribution < -0.4 is 0 Å². The summed E-state index contributed by atoms with van der Waals surface area (Å²) >= 11 is 3.12. The Morgan fingerprint density at radius 3 is 2.05 bits per heavy atom. The van der Waals surface area contributed by atoms with Gasteiger partial charge in [-0.2, -0.15) is 0 Å². The van der Waals surface area contributed by atoms with Crippen LogP contribution in [0.25, 0.3) is 0 Å². The lowest BCUT2D eigenvalue weighted by atomic mass is 10.00. The minimum absolute atomic E-state index is 0.209. The maximum atomic E-state index is 11.1. The average Bonchev–Trinajstić information content (AvgIpc) is 2.35. The standard InChI is InChI=1S/C12H17BrO8/c1-5(14)18-4-8-10(19-6(2)15)9(17)11(12(13)21-8)20-7(3)16/h8-12,17H,4H2,1-3H3/t8?,9-,10-,11?,12-/m0/s1. The highest BCUT2D eigenvalue weighted by Crippen LogP contribution is 2.29. The van der Waals surface area contributed by atoms with E-state index in [0.29, 0.717) is 0 Å². The van der Waals surface area contributed by atoms with E-state index in [0.717, 1.165) is 6.92 Å². The minimum Gasteiger partial charge on any atom is -0.463 e. The molecule has 2 unspecified atom stereocenters. The molecule has 1 heterocycles. The highest BCUT2D eigenvalue weighted by molar-refractivity contribution is 9.09. The Hall–Kier alpha value is -1.19. The van der Waals surface area contributed by atoms with Gasteiger partial charge < -0.3 is 24.1 Å². The highest BCUT2D eigenvalue weighted by Gasteiger charge is 2.48. The third kappa shape index (κ3) is 5.25. The lowest BCUT2D eigenvalue weighted by molar-refractivity contribution is -0.228. The van der Waals surface area contributed by atoms with Crippen LogP contribution in [0, 0.1) is 0 Å². The summed E-state index contributed by atoms with van der Waals surface area (Å²) < 4.78 is 20.2. The van der Waals surface area contributed by atoms with E-state index in [2.05, 4.69) is 15.9 Å². The Morgan fingerprint density at radius 2 is 1.57 bits per heavy atom. The normalized spacial score (nSPS) is 32.1. The van der Waals surface area contributed by atoms with Crippen molar-refractivity contribution < 1.29 is 38.4 Å². The summed E-state index contributed by atoms with van der Waals surface area (Å²) in [5.41, 5.74) is 0. The fourth-order valence-electron chi connectivity index (χ4n) is 1.87. The Balaban J connectivity index is 2.86. The van der Waals surface area contributed by atoms with Crippen LogP contribution >= 0.6 is 15.9 Å². The molecule has 1 fully saturated rings. The summed E-state index contributed by atoms with van der Waals surface area (Å²) in [4.78, 5) is 33.0. The summed E-state index contributed by atoms with van der Waals surface area (Å²) in [6, 6.07) is 0. The van der Waals surface area contributed by atoms with Crippen LogP contribution in [0.4, 0.5) is 0 Å². The van der Waals surface area contributed by atoms with Gasteiger partial charge in [0.25, 0.3) is 0 Å². The zero-order chi connectivity index (χ0) is 16.2. The molecule has 0 bridgehead atoms. The predicted molar refractivity (Wildman–Crippen MR) is 71.3 cm³/mol. The van der Waals surface area contributed by atoms with Crippen LogP contribution in [-0.4, -0.2) is 59.1 Å². The third-order valence-electron chi connectivity index (χ3n) is 2.66. The Morgan fingerprint density at radius 1 is 1.05 bits per heavy atom. The largest absolute Gasteiger partial charge is 0.463 e. The summed E-state index contributed by atoms with van der Waals surface area (Å²) in [5.74, 6) is -1.81. The number of carbonyl (C=O) groups is 3. The molecule has 0 aliphatic carbocycles. The number of hydrogen-bond donors (Lipinski definition) is 1. The molecule has 1 saturated heterocycles. The lowest BCUT2D eigenvalue weighted by Gasteiger charge is -2.41. The molecule has 9 heteroatoms. The fourth-order valence-corrected chi connectivity index (χ4v) is 2.57. The first-order chi connectivity index (χ1) is 9.72. The molecule has 1 aliphatic rings. The first-order valence-corrected chi connectivity index (χ1v) is 7.09. The lowest BCUT2D eigenvalue weighted by Crippen LogP contribution is -2.59. The number of hydrogen-bond acceptors (Lipinski definition) is 8. The van der Waals surface area contributed by atoms with Crippen molar-refractivity contribution >= 4 is 33.8 Å². The van der Waals surface area contributed by atoms with E-state index in [1.807, 2.05) is 0 Å². The van der Waals surface area contributed by atoms with Crippen LogP contribution in [0.15, 0.2) is 0 Å². The van der Waals surface area contributed by atoms with Gasteiger partial charge in [0.2, 0.25) is 0 Å². The number of alkyl halides is 1.